The summed E-state index contributed by atoms with van der Waals surface area (Å²) < 4.78 is 0. The minimum absolute atomic E-state index is 0.0548. The van der Waals surface area contributed by atoms with E-state index < -0.39 is 0 Å². The van der Waals surface area contributed by atoms with E-state index in [2.05, 4.69) is 22.5 Å². The fraction of sp³-hybridized carbons (Fsp3) is 0.625. The first kappa shape index (κ1) is 14.8. The minimum Gasteiger partial charge on any atom is -0.335 e. The number of nitrogens with one attached hydrogen (secondary N) is 2. The Morgan fingerprint density at radius 1 is 1.35 bits per heavy atom. The standard InChI is InChI=1S/C16H25N3O/c1-12-4-3-5-15(7-6-12)19-16(20)18-11-14-8-9-17-10-13(14)2/h8-10,12,15H,3-7,11H2,1-2H3,(H2,18,19,20). The summed E-state index contributed by atoms with van der Waals surface area (Å²) in [6, 6.07) is 2.22. The molecule has 1 fully saturated rings. The van der Waals surface area contributed by atoms with Gasteiger partial charge in [0.15, 0.2) is 0 Å². The van der Waals surface area contributed by atoms with Gasteiger partial charge in [0.25, 0.3) is 0 Å². The number of hydrogen-bond acceptors (Lipinski definition) is 2. The van der Waals surface area contributed by atoms with E-state index in [1.165, 1.54) is 19.3 Å². The van der Waals surface area contributed by atoms with Crippen LogP contribution in [0.1, 0.15) is 50.2 Å². The van der Waals surface area contributed by atoms with Crippen LogP contribution < -0.4 is 10.6 Å². The molecule has 0 aliphatic heterocycles. The summed E-state index contributed by atoms with van der Waals surface area (Å²) in [6.45, 7) is 4.87. The monoisotopic (exact) mass is 275 g/mol. The van der Waals surface area contributed by atoms with Gasteiger partial charge >= 0.3 is 6.03 Å². The SMILES string of the molecule is Cc1cnccc1CNC(=O)NC1CCCC(C)CC1. The average Bonchev–Trinajstić information content (AvgIpc) is 2.63. The summed E-state index contributed by atoms with van der Waals surface area (Å²) in [5.41, 5.74) is 2.22. The number of hydrogen-bond donors (Lipinski definition) is 2. The molecule has 110 valence electrons. The molecule has 1 aromatic heterocycles. The lowest BCUT2D eigenvalue weighted by Gasteiger charge is -2.17. The minimum atomic E-state index is -0.0548. The lowest BCUT2D eigenvalue weighted by Crippen LogP contribution is -2.41. The topological polar surface area (TPSA) is 54.0 Å². The highest BCUT2D eigenvalue weighted by Crippen LogP contribution is 2.22. The number of carbonyl (C=O) groups excluding carboxylic acids is 1. The van der Waals surface area contributed by atoms with Gasteiger partial charge in [-0.25, -0.2) is 4.79 Å². The zero-order valence-electron chi connectivity index (χ0n) is 12.5. The summed E-state index contributed by atoms with van der Waals surface area (Å²) in [4.78, 5) is 16.0. The summed E-state index contributed by atoms with van der Waals surface area (Å²) >= 11 is 0. The van der Waals surface area contributed by atoms with Crippen LogP contribution in [0.2, 0.25) is 0 Å². The van der Waals surface area contributed by atoms with Crippen LogP contribution >= 0.6 is 0 Å². The van der Waals surface area contributed by atoms with E-state index in [0.717, 1.165) is 29.9 Å². The van der Waals surface area contributed by atoms with Crippen molar-refractivity contribution in [3.63, 3.8) is 0 Å². The van der Waals surface area contributed by atoms with Crippen molar-refractivity contribution >= 4 is 6.03 Å². The van der Waals surface area contributed by atoms with Crippen molar-refractivity contribution in [3.05, 3.63) is 29.6 Å². The van der Waals surface area contributed by atoms with E-state index in [1.807, 2.05) is 19.2 Å². The van der Waals surface area contributed by atoms with Gasteiger partial charge in [-0.1, -0.05) is 19.8 Å². The Kier molecular flexibility index (Phi) is 5.39. The van der Waals surface area contributed by atoms with E-state index in [9.17, 15) is 4.79 Å². The summed E-state index contributed by atoms with van der Waals surface area (Å²) in [5, 5.41) is 6.04. The molecule has 2 N–H and O–H groups in total. The number of rotatable bonds is 3. The summed E-state index contributed by atoms with van der Waals surface area (Å²) in [5.74, 6) is 0.796. The van der Waals surface area contributed by atoms with E-state index in [4.69, 9.17) is 0 Å². The van der Waals surface area contributed by atoms with Crippen molar-refractivity contribution in [1.29, 1.82) is 0 Å². The molecule has 2 atom stereocenters. The highest BCUT2D eigenvalue weighted by Gasteiger charge is 2.17. The number of pyridine rings is 1. The maximum Gasteiger partial charge on any atom is 0.315 e. The van der Waals surface area contributed by atoms with Crippen molar-refractivity contribution in [2.45, 2.75) is 58.5 Å². The lowest BCUT2D eigenvalue weighted by molar-refractivity contribution is 0.235. The van der Waals surface area contributed by atoms with Crippen LogP contribution in [0.15, 0.2) is 18.5 Å². The summed E-state index contributed by atoms with van der Waals surface area (Å²) in [6.07, 6.45) is 9.51. The van der Waals surface area contributed by atoms with Gasteiger partial charge in [-0.3, -0.25) is 4.98 Å². The molecule has 1 aromatic rings. The summed E-state index contributed by atoms with van der Waals surface area (Å²) in [7, 11) is 0. The van der Waals surface area contributed by atoms with Crippen molar-refractivity contribution in [2.75, 3.05) is 0 Å². The van der Waals surface area contributed by atoms with Crippen molar-refractivity contribution in [2.24, 2.45) is 5.92 Å². The Balaban J connectivity index is 1.76. The smallest absolute Gasteiger partial charge is 0.315 e. The second kappa shape index (κ2) is 7.27. The highest BCUT2D eigenvalue weighted by atomic mass is 16.2. The maximum absolute atomic E-state index is 12.0. The van der Waals surface area contributed by atoms with Gasteiger partial charge in [0, 0.05) is 25.0 Å². The molecule has 20 heavy (non-hydrogen) atoms. The molecule has 0 spiro atoms. The van der Waals surface area contributed by atoms with E-state index in [1.54, 1.807) is 6.20 Å². The van der Waals surface area contributed by atoms with Crippen molar-refractivity contribution < 1.29 is 4.79 Å². The normalized spacial score (nSPS) is 22.9. The quantitative estimate of drug-likeness (QED) is 0.833. The highest BCUT2D eigenvalue weighted by molar-refractivity contribution is 5.74. The van der Waals surface area contributed by atoms with Gasteiger partial charge < -0.3 is 10.6 Å². The second-order valence-electron chi connectivity index (χ2n) is 5.94. The number of carbonyl (C=O) groups is 1. The molecular formula is C16H25N3O. The van der Waals surface area contributed by atoms with Gasteiger partial charge in [-0.2, -0.15) is 0 Å². The second-order valence-corrected chi connectivity index (χ2v) is 5.94. The fourth-order valence-corrected chi connectivity index (χ4v) is 2.74. The van der Waals surface area contributed by atoms with Crippen LogP contribution in [0.25, 0.3) is 0 Å². The number of aryl methyl sites for hydroxylation is 1. The van der Waals surface area contributed by atoms with Crippen LogP contribution in [0.4, 0.5) is 4.79 Å². The van der Waals surface area contributed by atoms with Crippen LogP contribution in [-0.4, -0.2) is 17.1 Å². The third-order valence-corrected chi connectivity index (χ3v) is 4.17. The molecule has 2 amide bonds. The molecule has 1 aliphatic carbocycles. The van der Waals surface area contributed by atoms with Crippen LogP contribution in [0.3, 0.4) is 0 Å². The molecule has 4 nitrogen and oxygen atoms in total. The zero-order chi connectivity index (χ0) is 14.4. The van der Waals surface area contributed by atoms with E-state index in [-0.39, 0.29) is 6.03 Å². The van der Waals surface area contributed by atoms with E-state index >= 15 is 0 Å². The molecule has 0 saturated heterocycles. The maximum atomic E-state index is 12.0. The Hall–Kier alpha value is -1.58. The predicted molar refractivity (Wildman–Crippen MR) is 80.4 cm³/mol. The van der Waals surface area contributed by atoms with E-state index in [0.29, 0.717) is 12.6 Å². The number of nitrogens with zero attached hydrogens (tertiary/aromatic N) is 1. The van der Waals surface area contributed by atoms with Gasteiger partial charge in [0.2, 0.25) is 0 Å². The Morgan fingerprint density at radius 3 is 3.00 bits per heavy atom. The molecule has 0 bridgehead atoms. The van der Waals surface area contributed by atoms with Gasteiger partial charge in [-0.05, 0) is 49.3 Å². The van der Waals surface area contributed by atoms with Gasteiger partial charge in [0.05, 0.1) is 0 Å². The Morgan fingerprint density at radius 2 is 2.20 bits per heavy atom. The van der Waals surface area contributed by atoms with Gasteiger partial charge in [0.1, 0.15) is 0 Å². The number of urea groups is 1. The van der Waals surface area contributed by atoms with Crippen molar-refractivity contribution in [1.82, 2.24) is 15.6 Å². The van der Waals surface area contributed by atoms with Crippen molar-refractivity contribution in [3.8, 4) is 0 Å². The molecule has 4 heteroatoms. The molecule has 2 rings (SSSR count). The largest absolute Gasteiger partial charge is 0.335 e. The third-order valence-electron chi connectivity index (χ3n) is 4.17. The molecule has 2 unspecified atom stereocenters. The van der Waals surface area contributed by atoms with Gasteiger partial charge in [-0.15, -0.1) is 0 Å². The van der Waals surface area contributed by atoms with Crippen LogP contribution in [0, 0.1) is 12.8 Å². The number of aromatic nitrogens is 1. The lowest BCUT2D eigenvalue weighted by atomic mass is 10.0. The first-order chi connectivity index (χ1) is 9.65. The van der Waals surface area contributed by atoms with Crippen LogP contribution in [0.5, 0.6) is 0 Å². The molecular weight excluding hydrogens is 250 g/mol. The Bertz CT molecular complexity index is 447. The molecule has 1 heterocycles. The fourth-order valence-electron chi connectivity index (χ4n) is 2.74. The Labute approximate surface area is 121 Å². The third kappa shape index (κ3) is 4.51. The average molecular weight is 275 g/mol. The molecule has 0 aromatic carbocycles. The number of amides is 2. The molecule has 0 radical (unpaired) electrons. The first-order valence-electron chi connectivity index (χ1n) is 7.59. The molecule has 1 aliphatic rings. The first-order valence-corrected chi connectivity index (χ1v) is 7.59. The van der Waals surface area contributed by atoms with Crippen LogP contribution in [-0.2, 0) is 6.54 Å². The molecule has 1 saturated carbocycles. The zero-order valence-corrected chi connectivity index (χ0v) is 12.5. The predicted octanol–water partition coefficient (Wildman–Crippen LogP) is 3.16.